The molecule has 1 aliphatic carbocycles. The summed E-state index contributed by atoms with van der Waals surface area (Å²) in [6, 6.07) is 23.8. The van der Waals surface area contributed by atoms with E-state index in [1.165, 1.54) is 12.0 Å². The number of carbonyl (C=O) groups is 4. The lowest BCUT2D eigenvalue weighted by Gasteiger charge is -2.50. The smallest absolute Gasteiger partial charge is 0.407 e. The maximum absolute atomic E-state index is 13.4. The molecule has 1 saturated heterocycles. The molecule has 1 fully saturated rings. The average Bonchev–Trinajstić information content (AvgIpc) is 3.34. The molecule has 1 heterocycles. The molecule has 1 aliphatic heterocycles. The summed E-state index contributed by atoms with van der Waals surface area (Å²) in [5.41, 5.74) is 5.33. The minimum absolute atomic E-state index is 0.0970. The Morgan fingerprint density at radius 3 is 2.02 bits per heavy atom. The number of benzene rings is 3. The number of likely N-dealkylation sites (tertiary alicyclic amines) is 1. The molecule has 9 heteroatoms. The molecule has 230 valence electrons. The summed E-state index contributed by atoms with van der Waals surface area (Å²) in [5.74, 6) is -1.66. The van der Waals surface area contributed by atoms with Crippen molar-refractivity contribution in [1.82, 2.24) is 15.5 Å². The van der Waals surface area contributed by atoms with Crippen LogP contribution in [0.3, 0.4) is 0 Å². The molecule has 5 rings (SSSR count). The fraction of sp³-hybridized carbons (Fsp3) is 0.371. The zero-order valence-corrected chi connectivity index (χ0v) is 25.5. The number of β-lactam (4-membered cyclic amide) rings is 1. The number of methoxy groups -OCH3 is 1. The summed E-state index contributed by atoms with van der Waals surface area (Å²) in [5, 5.41) is 5.68. The number of alkyl carbamates (subject to hydrolysis) is 1. The first-order valence-electron chi connectivity index (χ1n) is 15.0. The molecule has 0 radical (unpaired) electrons. The lowest BCUT2D eigenvalue weighted by Crippen LogP contribution is -2.64. The van der Waals surface area contributed by atoms with Gasteiger partial charge in [-0.2, -0.15) is 0 Å². The van der Waals surface area contributed by atoms with E-state index in [-0.39, 0.29) is 30.9 Å². The van der Waals surface area contributed by atoms with Crippen LogP contribution in [0.1, 0.15) is 55.8 Å². The van der Waals surface area contributed by atoms with Crippen molar-refractivity contribution in [3.8, 4) is 11.1 Å². The summed E-state index contributed by atoms with van der Waals surface area (Å²) >= 11 is 0. The number of nitrogens with one attached hydrogen (secondary N) is 2. The van der Waals surface area contributed by atoms with Crippen molar-refractivity contribution >= 4 is 23.9 Å². The van der Waals surface area contributed by atoms with E-state index in [0.29, 0.717) is 6.42 Å². The monoisotopic (exact) mass is 597 g/mol. The van der Waals surface area contributed by atoms with Crippen molar-refractivity contribution in [3.63, 3.8) is 0 Å². The highest BCUT2D eigenvalue weighted by Gasteiger charge is 2.52. The zero-order chi connectivity index (χ0) is 31.4. The molecule has 0 bridgehead atoms. The topological polar surface area (TPSA) is 114 Å². The first-order chi connectivity index (χ1) is 21.2. The van der Waals surface area contributed by atoms with Gasteiger partial charge in [0.25, 0.3) is 0 Å². The third-order valence-corrected chi connectivity index (χ3v) is 8.47. The van der Waals surface area contributed by atoms with E-state index in [9.17, 15) is 19.2 Å². The van der Waals surface area contributed by atoms with Gasteiger partial charge >= 0.3 is 12.1 Å². The molecule has 44 heavy (non-hydrogen) atoms. The van der Waals surface area contributed by atoms with Crippen molar-refractivity contribution in [2.75, 3.05) is 20.3 Å². The Hall–Kier alpha value is -4.66. The summed E-state index contributed by atoms with van der Waals surface area (Å²) in [4.78, 5) is 53.2. The normalized spacial score (nSPS) is 18.5. The van der Waals surface area contributed by atoms with E-state index in [1.807, 2.05) is 80.6 Å². The second kappa shape index (κ2) is 13.3. The van der Waals surface area contributed by atoms with Gasteiger partial charge in [0.2, 0.25) is 11.8 Å². The first-order valence-corrected chi connectivity index (χ1v) is 15.0. The van der Waals surface area contributed by atoms with E-state index < -0.39 is 42.0 Å². The Kier molecular flexibility index (Phi) is 9.32. The van der Waals surface area contributed by atoms with Crippen LogP contribution in [-0.4, -0.2) is 61.1 Å². The molecule has 2 N–H and O–H groups in total. The van der Waals surface area contributed by atoms with Gasteiger partial charge in [0.15, 0.2) is 0 Å². The number of amides is 3. The van der Waals surface area contributed by atoms with E-state index in [4.69, 9.17) is 9.47 Å². The lowest BCUT2D eigenvalue weighted by molar-refractivity contribution is -0.167. The second-order valence-corrected chi connectivity index (χ2v) is 11.9. The molecule has 0 saturated carbocycles. The summed E-state index contributed by atoms with van der Waals surface area (Å²) in [6.45, 7) is 5.59. The number of esters is 1. The number of rotatable bonds is 11. The number of ether oxygens (including phenoxy) is 2. The number of hydrogen-bond acceptors (Lipinski definition) is 6. The van der Waals surface area contributed by atoms with Crippen LogP contribution in [0.2, 0.25) is 0 Å². The van der Waals surface area contributed by atoms with Crippen LogP contribution in [0.25, 0.3) is 11.1 Å². The molecular formula is C35H39N3O6. The number of hydrogen-bond donors (Lipinski definition) is 2. The molecule has 4 atom stereocenters. The summed E-state index contributed by atoms with van der Waals surface area (Å²) in [6.07, 6.45) is -0.157. The Balaban J connectivity index is 1.24. The summed E-state index contributed by atoms with van der Waals surface area (Å²) in [7, 11) is 1.29. The van der Waals surface area contributed by atoms with Crippen molar-refractivity contribution in [2.45, 2.75) is 51.2 Å². The molecular weight excluding hydrogens is 558 g/mol. The fourth-order valence-electron chi connectivity index (χ4n) is 6.38. The molecule has 9 nitrogen and oxygen atoms in total. The molecule has 2 aliphatic rings. The zero-order valence-electron chi connectivity index (χ0n) is 25.5. The fourth-order valence-corrected chi connectivity index (χ4v) is 6.38. The SMILES string of the molecule is COC(=O)CN1C(=O)[C@H]([C@H](CC(C)C)NC(=O)[C@H](C)NC(=O)OCC2c3ccccc3-c3ccccc32)[C@H]1c1ccccc1. The highest BCUT2D eigenvalue weighted by atomic mass is 16.5. The van der Waals surface area contributed by atoms with Crippen LogP contribution >= 0.6 is 0 Å². The van der Waals surface area contributed by atoms with Crippen LogP contribution < -0.4 is 10.6 Å². The minimum Gasteiger partial charge on any atom is -0.468 e. The molecule has 0 spiro atoms. The molecule has 0 aromatic heterocycles. The largest absolute Gasteiger partial charge is 0.468 e. The molecule has 0 unspecified atom stereocenters. The second-order valence-electron chi connectivity index (χ2n) is 11.9. The predicted octanol–water partition coefficient (Wildman–Crippen LogP) is 4.82. The highest BCUT2D eigenvalue weighted by molar-refractivity contribution is 5.92. The third kappa shape index (κ3) is 6.32. The Labute approximate surface area is 257 Å². The van der Waals surface area contributed by atoms with Gasteiger partial charge in [0.1, 0.15) is 19.2 Å². The van der Waals surface area contributed by atoms with Gasteiger partial charge in [-0.05, 0) is 47.1 Å². The van der Waals surface area contributed by atoms with Crippen LogP contribution in [-0.2, 0) is 23.9 Å². The van der Waals surface area contributed by atoms with E-state index in [2.05, 4.69) is 22.8 Å². The quantitative estimate of drug-likeness (QED) is 0.242. The van der Waals surface area contributed by atoms with Crippen LogP contribution in [0.5, 0.6) is 0 Å². The van der Waals surface area contributed by atoms with Crippen molar-refractivity contribution < 1.29 is 28.7 Å². The molecule has 3 aromatic rings. The Morgan fingerprint density at radius 2 is 1.43 bits per heavy atom. The number of fused-ring (bicyclic) bond motifs is 3. The van der Waals surface area contributed by atoms with Crippen LogP contribution in [0.15, 0.2) is 78.9 Å². The maximum Gasteiger partial charge on any atom is 0.407 e. The number of carbonyl (C=O) groups excluding carboxylic acids is 4. The first kappa shape index (κ1) is 30.8. The Bertz CT molecular complexity index is 1480. The van der Waals surface area contributed by atoms with Crippen LogP contribution in [0, 0.1) is 11.8 Å². The minimum atomic E-state index is -0.906. The van der Waals surface area contributed by atoms with E-state index in [0.717, 1.165) is 27.8 Å². The van der Waals surface area contributed by atoms with E-state index >= 15 is 0 Å². The van der Waals surface area contributed by atoms with Crippen LogP contribution in [0.4, 0.5) is 4.79 Å². The molecule has 3 aromatic carbocycles. The predicted molar refractivity (Wildman–Crippen MR) is 165 cm³/mol. The molecule has 3 amide bonds. The summed E-state index contributed by atoms with van der Waals surface area (Å²) < 4.78 is 10.4. The van der Waals surface area contributed by atoms with Gasteiger partial charge < -0.3 is 25.0 Å². The van der Waals surface area contributed by atoms with Gasteiger partial charge in [-0.1, -0.05) is 92.7 Å². The van der Waals surface area contributed by atoms with Gasteiger partial charge in [-0.25, -0.2) is 4.79 Å². The van der Waals surface area contributed by atoms with Gasteiger partial charge in [0, 0.05) is 12.0 Å². The number of nitrogens with zero attached hydrogens (tertiary/aromatic N) is 1. The van der Waals surface area contributed by atoms with Crippen molar-refractivity contribution in [2.24, 2.45) is 11.8 Å². The van der Waals surface area contributed by atoms with E-state index in [1.54, 1.807) is 6.92 Å². The lowest BCUT2D eigenvalue weighted by atomic mass is 9.75. The van der Waals surface area contributed by atoms with Gasteiger partial charge in [-0.3, -0.25) is 14.4 Å². The third-order valence-electron chi connectivity index (χ3n) is 8.47. The van der Waals surface area contributed by atoms with Gasteiger partial charge in [-0.15, -0.1) is 0 Å². The van der Waals surface area contributed by atoms with Gasteiger partial charge in [0.05, 0.1) is 19.1 Å². The van der Waals surface area contributed by atoms with Crippen molar-refractivity contribution in [3.05, 3.63) is 95.6 Å². The standard InChI is InChI=1S/C35H39N3O6/c1-21(2)18-29(31-32(23-12-6-5-7-13-23)38(34(31)41)19-30(39)43-4)37-33(40)22(3)36-35(42)44-20-28-26-16-10-8-14-24(26)25-15-9-11-17-27(25)28/h5-17,21-22,28-29,31-32H,18-20H2,1-4H3,(H,36,42)(H,37,40)/t22-,29-,31+,32+/m0/s1. The average molecular weight is 598 g/mol. The Morgan fingerprint density at radius 1 is 0.841 bits per heavy atom. The highest BCUT2D eigenvalue weighted by Crippen LogP contribution is 2.45. The maximum atomic E-state index is 13.4. The van der Waals surface area contributed by atoms with Crippen molar-refractivity contribution in [1.29, 1.82) is 0 Å².